The maximum Gasteiger partial charge on any atom is 0.439 e. The molecule has 6 aromatic rings. The van der Waals surface area contributed by atoms with Gasteiger partial charge in [0.1, 0.15) is 6.33 Å². The Morgan fingerprint density at radius 1 is 1.09 bits per heavy atom. The first kappa shape index (κ1) is 29.6. The van der Waals surface area contributed by atoms with Crippen molar-refractivity contribution in [3.05, 3.63) is 110 Å². The number of aliphatic hydroxyl groups is 1. The highest BCUT2D eigenvalue weighted by Crippen LogP contribution is 2.32. The first-order valence-electron chi connectivity index (χ1n) is 15.7. The Kier molecular flexibility index (Phi) is 7.52. The van der Waals surface area contributed by atoms with Crippen LogP contribution in [0.25, 0.3) is 28.3 Å². The molecular formula is C34H36N8O4. The summed E-state index contributed by atoms with van der Waals surface area (Å²) in [5.74, 6) is 0.329. The summed E-state index contributed by atoms with van der Waals surface area (Å²) in [4.78, 5) is 33.2. The zero-order valence-corrected chi connectivity index (χ0v) is 26.1. The predicted octanol–water partition coefficient (Wildman–Crippen LogP) is 4.14. The number of benzene rings is 2. The van der Waals surface area contributed by atoms with E-state index in [9.17, 15) is 14.7 Å². The lowest BCUT2D eigenvalue weighted by Crippen LogP contribution is -2.34. The minimum atomic E-state index is -0.873. The van der Waals surface area contributed by atoms with E-state index in [1.54, 1.807) is 13.8 Å². The van der Waals surface area contributed by atoms with Gasteiger partial charge in [0.05, 0.1) is 23.5 Å². The van der Waals surface area contributed by atoms with Gasteiger partial charge in [0.2, 0.25) is 5.78 Å². The standard InChI is InChI=1S/C34H36N8O4/c1-4-7-29-27(16-21-10-12-22(13-11-21)25-8-5-6-9-26(25)30-37-33(44)46-39-30)31(43)41(32-35-20-36-42(29)32)24-14-15-28-23(17-24)18-40(38-28)19-34(2,3)45/h5-6,8-13,18,20,24,45H,4,7,14-17,19H2,1-3H3,(H,37,39,44)/t24-/m0/s1. The summed E-state index contributed by atoms with van der Waals surface area (Å²) in [6.45, 7) is 6.04. The molecule has 0 saturated carbocycles. The van der Waals surface area contributed by atoms with Crippen LogP contribution in [0.3, 0.4) is 0 Å². The minimum Gasteiger partial charge on any atom is -0.389 e. The SMILES string of the molecule is CCCc1c(Cc2ccc(-c3ccccc3-c3noc(=O)[nH]3)cc2)c(=O)n([C@H]2CCc3nn(CC(C)(C)O)cc3C2)c2ncnn12. The van der Waals surface area contributed by atoms with Crippen molar-refractivity contribution in [1.29, 1.82) is 0 Å². The van der Waals surface area contributed by atoms with Gasteiger partial charge in [-0.05, 0) is 61.8 Å². The summed E-state index contributed by atoms with van der Waals surface area (Å²) in [6, 6.07) is 15.7. The molecule has 0 spiro atoms. The molecule has 1 atom stereocenters. The van der Waals surface area contributed by atoms with Gasteiger partial charge in [0.25, 0.3) is 5.56 Å². The summed E-state index contributed by atoms with van der Waals surface area (Å²) >= 11 is 0. The quantitative estimate of drug-likeness (QED) is 0.245. The number of nitrogens with one attached hydrogen (secondary N) is 1. The normalized spacial score (nSPS) is 15.0. The van der Waals surface area contributed by atoms with Crippen LogP contribution < -0.4 is 11.3 Å². The third-order valence-electron chi connectivity index (χ3n) is 8.59. The molecule has 0 unspecified atom stereocenters. The third-order valence-corrected chi connectivity index (χ3v) is 8.59. The number of nitrogens with zero attached hydrogens (tertiary/aromatic N) is 7. The van der Waals surface area contributed by atoms with Crippen molar-refractivity contribution < 1.29 is 9.63 Å². The summed E-state index contributed by atoms with van der Waals surface area (Å²) in [6.07, 6.45) is 7.68. The zero-order valence-electron chi connectivity index (χ0n) is 26.1. The molecule has 0 amide bonds. The first-order valence-corrected chi connectivity index (χ1v) is 15.7. The number of aromatic amines is 1. The van der Waals surface area contributed by atoms with Crippen LogP contribution in [0.4, 0.5) is 0 Å². The molecule has 12 nitrogen and oxygen atoms in total. The zero-order chi connectivity index (χ0) is 32.0. The molecule has 4 aromatic heterocycles. The second kappa shape index (κ2) is 11.7. The van der Waals surface area contributed by atoms with Gasteiger partial charge in [-0.2, -0.15) is 15.2 Å². The van der Waals surface area contributed by atoms with E-state index in [-0.39, 0.29) is 11.6 Å². The van der Waals surface area contributed by atoms with Crippen LogP contribution in [-0.4, -0.2) is 49.8 Å². The summed E-state index contributed by atoms with van der Waals surface area (Å²) in [5, 5.41) is 23.5. The molecule has 7 rings (SSSR count). The van der Waals surface area contributed by atoms with Crippen molar-refractivity contribution in [1.82, 2.24) is 39.1 Å². The summed E-state index contributed by atoms with van der Waals surface area (Å²) in [7, 11) is 0. The maximum atomic E-state index is 14.5. The van der Waals surface area contributed by atoms with Crippen LogP contribution in [0.1, 0.15) is 67.7 Å². The predicted molar refractivity (Wildman–Crippen MR) is 172 cm³/mol. The average Bonchev–Trinajstić information content (AvgIpc) is 3.78. The Hall–Kier alpha value is -5.10. The van der Waals surface area contributed by atoms with Gasteiger partial charge in [-0.3, -0.25) is 23.6 Å². The molecule has 0 fully saturated rings. The number of aryl methyl sites for hydroxylation is 2. The van der Waals surface area contributed by atoms with E-state index in [1.807, 2.05) is 68.5 Å². The van der Waals surface area contributed by atoms with Crippen molar-refractivity contribution in [2.24, 2.45) is 0 Å². The van der Waals surface area contributed by atoms with Gasteiger partial charge in [0, 0.05) is 29.8 Å². The highest BCUT2D eigenvalue weighted by Gasteiger charge is 2.29. The number of aromatic nitrogens is 8. The van der Waals surface area contributed by atoms with Crippen molar-refractivity contribution >= 4 is 5.78 Å². The molecule has 236 valence electrons. The van der Waals surface area contributed by atoms with Crippen LogP contribution in [-0.2, 0) is 32.2 Å². The Balaban J connectivity index is 1.24. The van der Waals surface area contributed by atoms with Crippen molar-refractivity contribution in [2.75, 3.05) is 0 Å². The van der Waals surface area contributed by atoms with Crippen LogP contribution in [0, 0.1) is 0 Å². The van der Waals surface area contributed by atoms with Crippen molar-refractivity contribution in [2.45, 2.75) is 77.5 Å². The van der Waals surface area contributed by atoms with E-state index in [0.29, 0.717) is 37.4 Å². The fourth-order valence-electron chi connectivity index (χ4n) is 6.61. The number of rotatable bonds is 9. The fourth-order valence-corrected chi connectivity index (χ4v) is 6.61. The Bertz CT molecular complexity index is 2140. The van der Waals surface area contributed by atoms with Gasteiger partial charge in [-0.15, -0.1) is 0 Å². The lowest BCUT2D eigenvalue weighted by Gasteiger charge is -2.25. The monoisotopic (exact) mass is 620 g/mol. The van der Waals surface area contributed by atoms with Gasteiger partial charge < -0.3 is 5.11 Å². The van der Waals surface area contributed by atoms with E-state index in [2.05, 4.69) is 27.1 Å². The average molecular weight is 621 g/mol. The number of H-pyrrole nitrogens is 1. The smallest absolute Gasteiger partial charge is 0.389 e. The number of fused-ring (bicyclic) bond motifs is 2. The van der Waals surface area contributed by atoms with Gasteiger partial charge in [-0.25, -0.2) is 9.31 Å². The molecular weight excluding hydrogens is 584 g/mol. The Labute approximate surface area is 264 Å². The molecule has 0 radical (unpaired) electrons. The van der Waals surface area contributed by atoms with E-state index in [1.165, 1.54) is 6.33 Å². The Morgan fingerprint density at radius 2 is 1.87 bits per heavy atom. The molecule has 4 heterocycles. The molecule has 0 bridgehead atoms. The third kappa shape index (κ3) is 5.60. The topological polar surface area (TPSA) is 149 Å². The van der Waals surface area contributed by atoms with Crippen LogP contribution >= 0.6 is 0 Å². The second-order valence-corrected chi connectivity index (χ2v) is 12.7. The summed E-state index contributed by atoms with van der Waals surface area (Å²) in [5.41, 5.74) is 6.41. The van der Waals surface area contributed by atoms with Crippen LogP contribution in [0.2, 0.25) is 0 Å². The minimum absolute atomic E-state index is 0.0364. The molecule has 1 aliphatic carbocycles. The van der Waals surface area contributed by atoms with E-state index in [0.717, 1.165) is 64.0 Å². The van der Waals surface area contributed by atoms with E-state index >= 15 is 0 Å². The van der Waals surface area contributed by atoms with Crippen LogP contribution in [0.5, 0.6) is 0 Å². The first-order chi connectivity index (χ1) is 22.2. The molecule has 0 aliphatic heterocycles. The van der Waals surface area contributed by atoms with E-state index < -0.39 is 11.4 Å². The summed E-state index contributed by atoms with van der Waals surface area (Å²) < 4.78 is 10.2. The highest BCUT2D eigenvalue weighted by molar-refractivity contribution is 5.80. The molecule has 46 heavy (non-hydrogen) atoms. The second-order valence-electron chi connectivity index (χ2n) is 12.7. The Morgan fingerprint density at radius 3 is 2.59 bits per heavy atom. The largest absolute Gasteiger partial charge is 0.439 e. The van der Waals surface area contributed by atoms with Gasteiger partial charge >= 0.3 is 5.76 Å². The van der Waals surface area contributed by atoms with E-state index in [4.69, 9.17) is 9.62 Å². The number of hydrogen-bond acceptors (Lipinski definition) is 8. The lowest BCUT2D eigenvalue weighted by atomic mass is 9.93. The van der Waals surface area contributed by atoms with Gasteiger partial charge in [0.15, 0.2) is 5.82 Å². The van der Waals surface area contributed by atoms with Crippen LogP contribution in [0.15, 0.2) is 75.2 Å². The number of hydrogen-bond donors (Lipinski definition) is 2. The molecule has 2 N–H and O–H groups in total. The molecule has 12 heteroatoms. The van der Waals surface area contributed by atoms with Crippen molar-refractivity contribution in [3.8, 4) is 22.5 Å². The van der Waals surface area contributed by atoms with Crippen molar-refractivity contribution in [3.63, 3.8) is 0 Å². The highest BCUT2D eigenvalue weighted by atomic mass is 16.5. The van der Waals surface area contributed by atoms with Gasteiger partial charge in [-0.1, -0.05) is 67.0 Å². The molecule has 0 saturated heterocycles. The maximum absolute atomic E-state index is 14.5. The fraction of sp³-hybridized carbons (Fsp3) is 0.353. The lowest BCUT2D eigenvalue weighted by molar-refractivity contribution is 0.0576. The molecule has 2 aromatic carbocycles. The molecule has 1 aliphatic rings.